The third-order valence-electron chi connectivity index (χ3n) is 3.02. The Bertz CT molecular complexity index is 676. The van der Waals surface area contributed by atoms with Crippen molar-refractivity contribution < 1.29 is 14.3 Å². The number of thiazole rings is 1. The molecule has 0 N–H and O–H groups in total. The second-order valence-corrected chi connectivity index (χ2v) is 7.15. The number of carbonyl (C=O) groups is 1. The molecule has 0 aliphatic carbocycles. The first-order chi connectivity index (χ1) is 10.3. The predicted octanol–water partition coefficient (Wildman–Crippen LogP) is 4.46. The first kappa shape index (κ1) is 16.8. The van der Waals surface area contributed by atoms with Crippen molar-refractivity contribution in [1.29, 1.82) is 0 Å². The number of methoxy groups -OCH3 is 1. The summed E-state index contributed by atoms with van der Waals surface area (Å²) < 4.78 is 10.4. The average molecular weight is 340 g/mol. The van der Waals surface area contributed by atoms with Gasteiger partial charge in [-0.3, -0.25) is 0 Å². The number of benzene rings is 1. The monoisotopic (exact) mass is 339 g/mol. The van der Waals surface area contributed by atoms with Gasteiger partial charge in [0.15, 0.2) is 0 Å². The number of hydrogen-bond donors (Lipinski definition) is 0. The molecule has 0 aliphatic rings. The molecule has 1 aromatic carbocycles. The zero-order chi connectivity index (χ0) is 16.3. The van der Waals surface area contributed by atoms with Gasteiger partial charge in [-0.1, -0.05) is 32.4 Å². The lowest BCUT2D eigenvalue weighted by Crippen LogP contribution is -2.11. The summed E-state index contributed by atoms with van der Waals surface area (Å²) in [6.45, 7) is 6.65. The minimum atomic E-state index is -0.425. The maximum atomic E-state index is 11.5. The van der Waals surface area contributed by atoms with Gasteiger partial charge in [0.25, 0.3) is 0 Å². The van der Waals surface area contributed by atoms with Crippen molar-refractivity contribution in [3.63, 3.8) is 0 Å². The molecule has 0 atom stereocenters. The van der Waals surface area contributed by atoms with E-state index in [2.05, 4.69) is 30.5 Å². The molecule has 1 aromatic heterocycles. The summed E-state index contributed by atoms with van der Waals surface area (Å²) >= 11 is 7.64. The van der Waals surface area contributed by atoms with Gasteiger partial charge in [0.05, 0.1) is 23.4 Å². The summed E-state index contributed by atoms with van der Waals surface area (Å²) in [6, 6.07) is 4.79. The summed E-state index contributed by atoms with van der Waals surface area (Å²) in [5.41, 5.74) is 1.44. The van der Waals surface area contributed by atoms with Gasteiger partial charge in [-0.2, -0.15) is 0 Å². The van der Waals surface area contributed by atoms with E-state index in [9.17, 15) is 4.79 Å². The van der Waals surface area contributed by atoms with Gasteiger partial charge in [-0.15, -0.1) is 11.3 Å². The van der Waals surface area contributed by atoms with Crippen LogP contribution in [0.5, 0.6) is 5.75 Å². The van der Waals surface area contributed by atoms with E-state index < -0.39 is 5.97 Å². The maximum absolute atomic E-state index is 11.5. The summed E-state index contributed by atoms with van der Waals surface area (Å²) in [5, 5.41) is 3.34. The van der Waals surface area contributed by atoms with Crippen LogP contribution in [0.1, 0.15) is 41.8 Å². The highest BCUT2D eigenvalue weighted by atomic mass is 35.5. The SMILES string of the molecule is COC(=O)c1ccc(Cl)c(OCc2nc(C(C)(C)C)cs2)c1. The van der Waals surface area contributed by atoms with Crippen LogP contribution in [0.4, 0.5) is 0 Å². The fraction of sp³-hybridized carbons (Fsp3) is 0.375. The smallest absolute Gasteiger partial charge is 0.337 e. The first-order valence-electron chi connectivity index (χ1n) is 6.77. The highest BCUT2D eigenvalue weighted by Crippen LogP contribution is 2.28. The third kappa shape index (κ3) is 3.99. The lowest BCUT2D eigenvalue weighted by molar-refractivity contribution is 0.0600. The number of hydrogen-bond acceptors (Lipinski definition) is 5. The Hall–Kier alpha value is -1.59. The molecule has 0 spiro atoms. The van der Waals surface area contributed by atoms with Crippen molar-refractivity contribution in [2.24, 2.45) is 0 Å². The predicted molar refractivity (Wildman–Crippen MR) is 87.9 cm³/mol. The molecule has 4 nitrogen and oxygen atoms in total. The average Bonchev–Trinajstić information content (AvgIpc) is 2.94. The van der Waals surface area contributed by atoms with Gasteiger partial charge in [-0.05, 0) is 18.2 Å². The van der Waals surface area contributed by atoms with E-state index in [-0.39, 0.29) is 5.41 Å². The molecule has 0 fully saturated rings. The van der Waals surface area contributed by atoms with Crippen molar-refractivity contribution in [1.82, 2.24) is 4.98 Å². The summed E-state index contributed by atoms with van der Waals surface area (Å²) in [5.74, 6) is 0.0165. The number of rotatable bonds is 4. The minimum Gasteiger partial charge on any atom is -0.485 e. The lowest BCUT2D eigenvalue weighted by Gasteiger charge is -2.14. The van der Waals surface area contributed by atoms with E-state index in [1.807, 2.05) is 5.38 Å². The number of aromatic nitrogens is 1. The van der Waals surface area contributed by atoms with Crippen LogP contribution in [0, 0.1) is 0 Å². The van der Waals surface area contributed by atoms with E-state index in [0.717, 1.165) is 10.7 Å². The van der Waals surface area contributed by atoms with E-state index in [0.29, 0.717) is 22.9 Å². The van der Waals surface area contributed by atoms with Crippen molar-refractivity contribution in [2.75, 3.05) is 7.11 Å². The van der Waals surface area contributed by atoms with Gasteiger partial charge in [-0.25, -0.2) is 9.78 Å². The maximum Gasteiger partial charge on any atom is 0.337 e. The number of nitrogens with zero attached hydrogens (tertiary/aromatic N) is 1. The minimum absolute atomic E-state index is 0.0111. The topological polar surface area (TPSA) is 48.4 Å². The van der Waals surface area contributed by atoms with Gasteiger partial charge >= 0.3 is 5.97 Å². The normalized spacial score (nSPS) is 11.3. The van der Waals surface area contributed by atoms with Gasteiger partial charge in [0.2, 0.25) is 0 Å². The quantitative estimate of drug-likeness (QED) is 0.772. The van der Waals surface area contributed by atoms with Crippen LogP contribution in [-0.4, -0.2) is 18.1 Å². The molecule has 118 valence electrons. The van der Waals surface area contributed by atoms with E-state index in [1.165, 1.54) is 7.11 Å². The van der Waals surface area contributed by atoms with Crippen LogP contribution < -0.4 is 4.74 Å². The largest absolute Gasteiger partial charge is 0.485 e. The molecule has 0 aliphatic heterocycles. The van der Waals surface area contributed by atoms with Gasteiger partial charge in [0.1, 0.15) is 17.4 Å². The fourth-order valence-electron chi connectivity index (χ4n) is 1.72. The van der Waals surface area contributed by atoms with E-state index in [4.69, 9.17) is 16.3 Å². The van der Waals surface area contributed by atoms with Crippen molar-refractivity contribution >= 4 is 28.9 Å². The van der Waals surface area contributed by atoms with Crippen LogP contribution in [0.25, 0.3) is 0 Å². The Morgan fingerprint density at radius 1 is 1.36 bits per heavy atom. The van der Waals surface area contributed by atoms with Gasteiger partial charge in [0, 0.05) is 10.8 Å². The number of esters is 1. The van der Waals surface area contributed by atoms with Crippen LogP contribution >= 0.6 is 22.9 Å². The molecule has 1 heterocycles. The molecule has 0 bridgehead atoms. The Balaban J connectivity index is 2.11. The van der Waals surface area contributed by atoms with E-state index >= 15 is 0 Å². The van der Waals surface area contributed by atoms with E-state index in [1.54, 1.807) is 29.5 Å². The summed E-state index contributed by atoms with van der Waals surface area (Å²) in [4.78, 5) is 16.1. The zero-order valence-corrected chi connectivity index (χ0v) is 14.5. The third-order valence-corrected chi connectivity index (χ3v) is 4.16. The van der Waals surface area contributed by atoms with Crippen molar-refractivity contribution in [3.05, 3.63) is 44.9 Å². The fourth-order valence-corrected chi connectivity index (χ4v) is 2.82. The Kier molecular flexibility index (Phi) is 5.08. The van der Waals surface area contributed by atoms with Crippen molar-refractivity contribution in [3.8, 4) is 5.75 Å². The second kappa shape index (κ2) is 6.67. The molecule has 0 unspecified atom stereocenters. The highest BCUT2D eigenvalue weighted by molar-refractivity contribution is 7.09. The molecule has 22 heavy (non-hydrogen) atoms. The Morgan fingerprint density at radius 3 is 2.68 bits per heavy atom. The highest BCUT2D eigenvalue weighted by Gasteiger charge is 2.18. The van der Waals surface area contributed by atoms with Crippen LogP contribution in [0.15, 0.2) is 23.6 Å². The summed E-state index contributed by atoms with van der Waals surface area (Å²) in [6.07, 6.45) is 0. The second-order valence-electron chi connectivity index (χ2n) is 5.80. The molecular weight excluding hydrogens is 322 g/mol. The number of ether oxygens (including phenoxy) is 2. The molecule has 6 heteroatoms. The lowest BCUT2D eigenvalue weighted by atomic mass is 9.93. The molecule has 0 saturated carbocycles. The molecule has 0 radical (unpaired) electrons. The molecule has 0 amide bonds. The first-order valence-corrected chi connectivity index (χ1v) is 8.02. The molecule has 2 rings (SSSR count). The zero-order valence-electron chi connectivity index (χ0n) is 13.0. The number of halogens is 1. The Morgan fingerprint density at radius 2 is 2.09 bits per heavy atom. The van der Waals surface area contributed by atoms with Gasteiger partial charge < -0.3 is 9.47 Å². The summed E-state index contributed by atoms with van der Waals surface area (Å²) in [7, 11) is 1.33. The Labute approximate surface area is 139 Å². The standard InChI is InChI=1S/C16H18ClNO3S/c1-16(2,3)13-9-22-14(18-13)8-21-12-7-10(15(19)20-4)5-6-11(12)17/h5-7,9H,8H2,1-4H3. The molecule has 2 aromatic rings. The molecular formula is C16H18ClNO3S. The van der Waals surface area contributed by atoms with Crippen LogP contribution in [0.2, 0.25) is 5.02 Å². The van der Waals surface area contributed by atoms with Crippen molar-refractivity contribution in [2.45, 2.75) is 32.8 Å². The molecule has 0 saturated heterocycles. The van der Waals surface area contributed by atoms with Crippen LogP contribution in [-0.2, 0) is 16.8 Å². The van der Waals surface area contributed by atoms with Crippen LogP contribution in [0.3, 0.4) is 0 Å². The number of carbonyl (C=O) groups excluding carboxylic acids is 1.